The number of allylic oxidation sites excluding steroid dienone is 4. The van der Waals surface area contributed by atoms with E-state index in [1.165, 1.54) is 12.4 Å². The minimum atomic E-state index is -0.672. The molecule has 3 heterocycles. The number of hydrogen-bond donors (Lipinski definition) is 5. The van der Waals surface area contributed by atoms with Crippen LogP contribution in [0.1, 0.15) is 80.2 Å². The molecule has 0 atom stereocenters. The minimum Gasteiger partial charge on any atom is -0.491 e. The van der Waals surface area contributed by atoms with Crippen molar-refractivity contribution in [1.82, 2.24) is 39.6 Å². The van der Waals surface area contributed by atoms with Gasteiger partial charge in [0.15, 0.2) is 5.82 Å². The number of benzene rings is 2. The van der Waals surface area contributed by atoms with Gasteiger partial charge in [-0.2, -0.15) is 22.0 Å². The molecule has 19 nitrogen and oxygen atoms in total. The first-order valence-electron chi connectivity index (χ1n) is 22.2. The van der Waals surface area contributed by atoms with Crippen molar-refractivity contribution in [2.75, 3.05) is 38.3 Å². The number of aromatic nitrogens is 6. The standard InChI is InChI=1S/C48H63N13O6S/c1-9-53-57-31(3)16-17-41-55-36-25-33(44(50)62)27-39(66-22-15-23-68-8)42(36)59(41)19-12-13-20-60-43-37(56-46(60)38-24-32(4)58-61(38)10-2)26-34(45(51)63)28-40(43)65-21-14-11-18-52-30-35(29-49)54-47(64)67-48(5,6)7/h11-14,16-17,24-30,53H,9-10,15,18-23,49H2,1-8H3,(H2,50,62)(H2,51,63)(H,54,64)/b13-12+,14-11+,17-16+,35-29+,52-30?,57-31-. The third-order valence-corrected chi connectivity index (χ3v) is 10.5. The molecule has 8 N–H and O–H groups in total. The Balaban J connectivity index is 1.51. The quantitative estimate of drug-likeness (QED) is 0.0192. The van der Waals surface area contributed by atoms with Gasteiger partial charge in [0.25, 0.3) is 0 Å². The molecule has 0 unspecified atom stereocenters. The van der Waals surface area contributed by atoms with Crippen molar-refractivity contribution >= 4 is 69.7 Å². The topological polar surface area (TPSA) is 259 Å². The molecule has 0 saturated carbocycles. The van der Waals surface area contributed by atoms with Crippen LogP contribution in [-0.2, 0) is 24.4 Å². The summed E-state index contributed by atoms with van der Waals surface area (Å²) in [7, 11) is 0. The van der Waals surface area contributed by atoms with Gasteiger partial charge in [0.2, 0.25) is 11.8 Å². The van der Waals surface area contributed by atoms with Crippen LogP contribution >= 0.6 is 11.8 Å². The Hall–Kier alpha value is -7.35. The molecule has 0 bridgehead atoms. The molecular weight excluding hydrogens is 887 g/mol. The summed E-state index contributed by atoms with van der Waals surface area (Å²) in [5.41, 5.74) is 25.1. The molecule has 0 saturated heterocycles. The molecule has 0 fully saturated rings. The number of amides is 3. The number of primary amides is 2. The van der Waals surface area contributed by atoms with Crippen molar-refractivity contribution < 1.29 is 28.6 Å². The highest BCUT2D eigenvalue weighted by molar-refractivity contribution is 7.98. The molecule has 5 aromatic rings. The highest BCUT2D eigenvalue weighted by Gasteiger charge is 2.22. The minimum absolute atomic E-state index is 0.118. The maximum absolute atomic E-state index is 12.6. The van der Waals surface area contributed by atoms with Gasteiger partial charge in [-0.25, -0.2) is 14.8 Å². The van der Waals surface area contributed by atoms with E-state index in [4.69, 9.17) is 46.5 Å². The summed E-state index contributed by atoms with van der Waals surface area (Å²) in [6.07, 6.45) is 16.2. The maximum atomic E-state index is 12.6. The molecule has 3 aromatic heterocycles. The van der Waals surface area contributed by atoms with Crippen LogP contribution < -0.4 is 37.4 Å². The molecular formula is C48H63N13O6S. The Bertz CT molecular complexity index is 2770. The van der Waals surface area contributed by atoms with Crippen molar-refractivity contribution in [2.24, 2.45) is 27.3 Å². The zero-order chi connectivity index (χ0) is 49.4. The number of aliphatic imine (C=N–C) groups is 1. The van der Waals surface area contributed by atoms with Crippen molar-refractivity contribution in [2.45, 2.75) is 80.1 Å². The Morgan fingerprint density at radius 1 is 0.897 bits per heavy atom. The van der Waals surface area contributed by atoms with E-state index in [0.717, 1.165) is 29.3 Å². The van der Waals surface area contributed by atoms with Gasteiger partial charge in [-0.05, 0) is 115 Å². The lowest BCUT2D eigenvalue weighted by molar-refractivity contribution is 0.0548. The van der Waals surface area contributed by atoms with E-state index in [-0.39, 0.29) is 24.4 Å². The molecule has 0 radical (unpaired) electrons. The summed E-state index contributed by atoms with van der Waals surface area (Å²) in [4.78, 5) is 51.6. The van der Waals surface area contributed by atoms with E-state index in [0.29, 0.717) is 83.6 Å². The van der Waals surface area contributed by atoms with Crippen LogP contribution in [0.2, 0.25) is 0 Å². The average molecular weight is 950 g/mol. The number of aryl methyl sites for hydroxylation is 2. The van der Waals surface area contributed by atoms with E-state index >= 15 is 0 Å². The van der Waals surface area contributed by atoms with Gasteiger partial charge in [-0.3, -0.25) is 24.6 Å². The number of carbonyl (C=O) groups excluding carboxylic acids is 3. The summed E-state index contributed by atoms with van der Waals surface area (Å²) in [6.45, 7) is 15.9. The zero-order valence-corrected chi connectivity index (χ0v) is 40.9. The zero-order valence-electron chi connectivity index (χ0n) is 40.0. The van der Waals surface area contributed by atoms with E-state index in [1.807, 2.05) is 78.1 Å². The molecule has 20 heteroatoms. The van der Waals surface area contributed by atoms with Crippen molar-refractivity contribution in [3.8, 4) is 23.0 Å². The predicted molar refractivity (Wildman–Crippen MR) is 271 cm³/mol. The average Bonchev–Trinajstić information content (AvgIpc) is 3.98. The maximum Gasteiger partial charge on any atom is 0.412 e. The molecule has 2 aromatic carbocycles. The SMILES string of the molecule is CCN/N=C(C)\C=C\c1nc2cc(C(N)=O)cc(OCCCSC)c2n1C/C=C/Cn1c(-c2cc(C)nn2CC)nc2cc(C(N)=O)cc(OC/C=C/CN=C/C(=C\N)NC(=O)OC(C)(C)C)c21. The van der Waals surface area contributed by atoms with Crippen molar-refractivity contribution in [1.29, 1.82) is 0 Å². The number of hydrogen-bond acceptors (Lipinski definition) is 14. The number of fused-ring (bicyclic) bond motifs is 2. The number of thioether (sulfide) groups is 1. The van der Waals surface area contributed by atoms with Crippen LogP contribution in [0.4, 0.5) is 4.79 Å². The van der Waals surface area contributed by atoms with Crippen LogP contribution in [0.5, 0.6) is 11.5 Å². The van der Waals surface area contributed by atoms with Gasteiger partial charge in [-0.15, -0.1) is 0 Å². The van der Waals surface area contributed by atoms with E-state index in [9.17, 15) is 14.4 Å². The highest BCUT2D eigenvalue weighted by Crippen LogP contribution is 2.34. The summed E-state index contributed by atoms with van der Waals surface area (Å²) in [5.74, 6) is 1.82. The molecule has 68 heavy (non-hydrogen) atoms. The molecule has 3 amide bonds. The summed E-state index contributed by atoms with van der Waals surface area (Å²) in [5, 5.41) is 11.6. The molecule has 0 spiro atoms. The van der Waals surface area contributed by atoms with Crippen molar-refractivity contribution in [3.05, 3.63) is 95.3 Å². The second-order valence-electron chi connectivity index (χ2n) is 16.3. The lowest BCUT2D eigenvalue weighted by Gasteiger charge is -2.19. The summed E-state index contributed by atoms with van der Waals surface area (Å²) < 4.78 is 23.9. The third kappa shape index (κ3) is 14.1. The second-order valence-corrected chi connectivity index (χ2v) is 17.3. The Morgan fingerprint density at radius 2 is 1.56 bits per heavy atom. The number of nitrogens with two attached hydrogens (primary N) is 3. The largest absolute Gasteiger partial charge is 0.491 e. The van der Waals surface area contributed by atoms with Crippen LogP contribution in [0.25, 0.3) is 39.7 Å². The fourth-order valence-electron chi connectivity index (χ4n) is 6.85. The van der Waals surface area contributed by atoms with Gasteiger partial charge in [-0.1, -0.05) is 18.2 Å². The molecule has 0 aliphatic rings. The number of nitrogens with zero attached hydrogens (tertiary/aromatic N) is 8. The molecule has 5 rings (SSSR count). The van der Waals surface area contributed by atoms with E-state index in [2.05, 4.69) is 20.8 Å². The van der Waals surface area contributed by atoms with Crippen LogP contribution in [0, 0.1) is 6.92 Å². The number of imidazole rings is 2. The number of nitrogens with one attached hydrogen (secondary N) is 2. The molecule has 362 valence electrons. The monoisotopic (exact) mass is 949 g/mol. The Morgan fingerprint density at radius 3 is 2.19 bits per heavy atom. The fourth-order valence-corrected chi connectivity index (χ4v) is 7.25. The number of ether oxygens (including phenoxy) is 3. The van der Waals surface area contributed by atoms with Crippen LogP contribution in [-0.4, -0.2) is 103 Å². The van der Waals surface area contributed by atoms with Gasteiger partial charge >= 0.3 is 6.09 Å². The van der Waals surface area contributed by atoms with Crippen LogP contribution in [0.3, 0.4) is 0 Å². The van der Waals surface area contributed by atoms with Gasteiger partial charge < -0.3 is 46.0 Å². The Labute approximate surface area is 400 Å². The van der Waals surface area contributed by atoms with E-state index < -0.39 is 23.5 Å². The van der Waals surface area contributed by atoms with E-state index in [1.54, 1.807) is 69.0 Å². The van der Waals surface area contributed by atoms with Crippen LogP contribution in [0.15, 0.2) is 82.7 Å². The first kappa shape index (κ1) is 51.6. The highest BCUT2D eigenvalue weighted by atomic mass is 32.2. The number of hydrazone groups is 1. The molecule has 0 aliphatic heterocycles. The number of carbonyl (C=O) groups is 3. The second kappa shape index (κ2) is 24.4. The van der Waals surface area contributed by atoms with Crippen molar-refractivity contribution in [3.63, 3.8) is 0 Å². The predicted octanol–water partition coefficient (Wildman–Crippen LogP) is 6.49. The molecule has 0 aliphatic carbocycles. The Kier molecular flexibility index (Phi) is 18.5. The lowest BCUT2D eigenvalue weighted by atomic mass is 10.1. The lowest BCUT2D eigenvalue weighted by Crippen LogP contribution is -2.32. The smallest absolute Gasteiger partial charge is 0.412 e. The third-order valence-electron chi connectivity index (χ3n) is 9.79. The summed E-state index contributed by atoms with van der Waals surface area (Å²) >= 11 is 1.73. The number of alkyl carbamates (subject to hydrolysis) is 1. The normalized spacial score (nSPS) is 12.7. The van der Waals surface area contributed by atoms with Gasteiger partial charge in [0.05, 0.1) is 41.3 Å². The first-order valence-corrected chi connectivity index (χ1v) is 23.6. The first-order chi connectivity index (χ1) is 32.6. The summed E-state index contributed by atoms with van der Waals surface area (Å²) in [6, 6.07) is 8.59. The fraction of sp³-hybridized carbons (Fsp3) is 0.375. The van der Waals surface area contributed by atoms with Gasteiger partial charge in [0.1, 0.15) is 46.3 Å². The van der Waals surface area contributed by atoms with Gasteiger partial charge in [0, 0.05) is 49.7 Å². The number of rotatable bonds is 24.